The van der Waals surface area contributed by atoms with E-state index in [0.29, 0.717) is 6.04 Å². The van der Waals surface area contributed by atoms with Crippen LogP contribution in [0.5, 0.6) is 0 Å². The molecule has 0 aliphatic rings. The Balaban J connectivity index is 2.27. The van der Waals surface area contributed by atoms with Crippen molar-refractivity contribution in [1.29, 1.82) is 0 Å². The average molecular weight is 451 g/mol. The van der Waals surface area contributed by atoms with Gasteiger partial charge in [-0.05, 0) is 67.2 Å². The summed E-state index contributed by atoms with van der Waals surface area (Å²) in [7, 11) is 2.01. The van der Waals surface area contributed by atoms with Gasteiger partial charge in [0.2, 0.25) is 0 Å². The van der Waals surface area contributed by atoms with Crippen molar-refractivity contribution in [3.63, 3.8) is 0 Å². The van der Waals surface area contributed by atoms with Crippen molar-refractivity contribution in [2.45, 2.75) is 26.3 Å². The molecule has 2 nitrogen and oxygen atoms in total. The van der Waals surface area contributed by atoms with E-state index >= 15 is 0 Å². The smallest absolute Gasteiger partial charge is 0.0949 e. The summed E-state index contributed by atoms with van der Waals surface area (Å²) in [6.07, 6.45) is 0.933. The van der Waals surface area contributed by atoms with Crippen LogP contribution in [-0.4, -0.2) is 12.0 Å². The molecule has 19 heavy (non-hydrogen) atoms. The van der Waals surface area contributed by atoms with Crippen molar-refractivity contribution in [2.24, 2.45) is 0 Å². The highest BCUT2D eigenvalue weighted by molar-refractivity contribution is 14.1. The topological polar surface area (TPSA) is 24.9 Å². The Kier molecular flexibility index (Phi) is 5.39. The molecule has 0 bridgehead atoms. The molecule has 0 aliphatic heterocycles. The third-order valence-corrected chi connectivity index (χ3v) is 5.70. The minimum atomic E-state index is 0.300. The first-order chi connectivity index (χ1) is 9.01. The molecule has 0 fully saturated rings. The lowest BCUT2D eigenvalue weighted by Gasteiger charge is -2.17. The number of likely N-dealkylation sites (N-methyl/N-ethyl adjacent to an activating group) is 1. The zero-order chi connectivity index (χ0) is 14.0. The first kappa shape index (κ1) is 15.4. The van der Waals surface area contributed by atoms with E-state index in [9.17, 15) is 0 Å². The van der Waals surface area contributed by atoms with Crippen LogP contribution >= 0.6 is 49.9 Å². The largest absolute Gasteiger partial charge is 0.313 e. The Morgan fingerprint density at radius 3 is 2.74 bits per heavy atom. The highest BCUT2D eigenvalue weighted by atomic mass is 127. The van der Waals surface area contributed by atoms with Gasteiger partial charge < -0.3 is 5.32 Å². The third kappa shape index (κ3) is 3.77. The molecule has 1 aromatic heterocycles. The van der Waals surface area contributed by atoms with Gasteiger partial charge in [0, 0.05) is 25.4 Å². The lowest BCUT2D eigenvalue weighted by atomic mass is 10.0. The van der Waals surface area contributed by atoms with Crippen molar-refractivity contribution >= 4 is 49.9 Å². The second kappa shape index (κ2) is 6.65. The molecule has 2 aromatic rings. The van der Waals surface area contributed by atoms with E-state index in [0.717, 1.165) is 16.6 Å². The fourth-order valence-electron chi connectivity index (χ4n) is 1.95. The second-order valence-electron chi connectivity index (χ2n) is 4.46. The molecule has 5 heteroatoms. The summed E-state index contributed by atoms with van der Waals surface area (Å²) in [5.74, 6) is 0. The lowest BCUT2D eigenvalue weighted by molar-refractivity contribution is 0.587. The van der Waals surface area contributed by atoms with E-state index in [1.807, 2.05) is 7.05 Å². The van der Waals surface area contributed by atoms with Crippen LogP contribution in [0, 0.1) is 17.4 Å². The molecule has 0 amide bonds. The molecule has 1 atom stereocenters. The van der Waals surface area contributed by atoms with E-state index in [-0.39, 0.29) is 0 Å². The Morgan fingerprint density at radius 1 is 1.42 bits per heavy atom. The molecule has 0 aliphatic carbocycles. The van der Waals surface area contributed by atoms with Gasteiger partial charge in [0.1, 0.15) is 0 Å². The van der Waals surface area contributed by atoms with Crippen LogP contribution in [-0.2, 0) is 6.42 Å². The standard InChI is InChI=1S/C14H16BrIN2S/c1-8-9(2)19-14(18-8)7-13(17-3)11-6-10(15)4-5-12(11)16/h4-6,13,17H,7H2,1-3H3. The van der Waals surface area contributed by atoms with Crippen molar-refractivity contribution in [2.75, 3.05) is 7.05 Å². The fraction of sp³-hybridized carbons (Fsp3) is 0.357. The quantitative estimate of drug-likeness (QED) is 0.687. The van der Waals surface area contributed by atoms with Gasteiger partial charge in [-0.1, -0.05) is 15.9 Å². The van der Waals surface area contributed by atoms with E-state index < -0.39 is 0 Å². The highest BCUT2D eigenvalue weighted by Crippen LogP contribution is 2.28. The van der Waals surface area contributed by atoms with E-state index in [1.165, 1.54) is 19.0 Å². The van der Waals surface area contributed by atoms with Gasteiger partial charge in [0.15, 0.2) is 0 Å². The third-order valence-electron chi connectivity index (χ3n) is 3.13. The zero-order valence-electron chi connectivity index (χ0n) is 11.1. The number of aryl methyl sites for hydroxylation is 2. The summed E-state index contributed by atoms with van der Waals surface area (Å²) in [6.45, 7) is 4.21. The number of nitrogens with one attached hydrogen (secondary N) is 1. The number of rotatable bonds is 4. The molecule has 1 heterocycles. The zero-order valence-corrected chi connectivity index (χ0v) is 15.7. The summed E-state index contributed by atoms with van der Waals surface area (Å²) >= 11 is 7.74. The maximum absolute atomic E-state index is 4.64. The molecule has 0 saturated carbocycles. The maximum atomic E-state index is 4.64. The predicted octanol–water partition coefficient (Wildman–Crippen LogP) is 4.63. The van der Waals surface area contributed by atoms with Gasteiger partial charge in [-0.2, -0.15) is 0 Å². The van der Waals surface area contributed by atoms with Gasteiger partial charge in [0.05, 0.1) is 10.7 Å². The SMILES string of the molecule is CNC(Cc1nc(C)c(C)s1)c1cc(Br)ccc1I. The van der Waals surface area contributed by atoms with Crippen LogP contribution < -0.4 is 5.32 Å². The number of halogens is 2. The summed E-state index contributed by atoms with van der Waals surface area (Å²) in [5.41, 5.74) is 2.47. The molecule has 1 aromatic carbocycles. The molecule has 1 unspecified atom stereocenters. The monoisotopic (exact) mass is 450 g/mol. The number of aromatic nitrogens is 1. The summed E-state index contributed by atoms with van der Waals surface area (Å²) in [5, 5.41) is 4.60. The second-order valence-corrected chi connectivity index (χ2v) is 7.83. The van der Waals surface area contributed by atoms with E-state index in [2.05, 4.69) is 80.9 Å². The number of hydrogen-bond acceptors (Lipinski definition) is 3. The van der Waals surface area contributed by atoms with Gasteiger partial charge >= 0.3 is 0 Å². The van der Waals surface area contributed by atoms with Crippen LogP contribution in [0.3, 0.4) is 0 Å². The molecule has 0 spiro atoms. The number of thiazole rings is 1. The highest BCUT2D eigenvalue weighted by Gasteiger charge is 2.16. The Bertz CT molecular complexity index is 563. The van der Waals surface area contributed by atoms with Crippen LogP contribution in [0.2, 0.25) is 0 Å². The molecule has 2 rings (SSSR count). The van der Waals surface area contributed by atoms with Gasteiger partial charge in [-0.3, -0.25) is 0 Å². The minimum Gasteiger partial charge on any atom is -0.313 e. The van der Waals surface area contributed by atoms with Gasteiger partial charge in [0.25, 0.3) is 0 Å². The summed E-state index contributed by atoms with van der Waals surface area (Å²) in [4.78, 5) is 5.95. The summed E-state index contributed by atoms with van der Waals surface area (Å²) < 4.78 is 2.40. The first-order valence-corrected chi connectivity index (χ1v) is 8.75. The normalized spacial score (nSPS) is 12.7. The first-order valence-electron chi connectivity index (χ1n) is 6.06. The lowest BCUT2D eigenvalue weighted by Crippen LogP contribution is -2.19. The van der Waals surface area contributed by atoms with Crippen LogP contribution in [0.15, 0.2) is 22.7 Å². The number of nitrogens with zero attached hydrogens (tertiary/aromatic N) is 1. The van der Waals surface area contributed by atoms with Crippen molar-refractivity contribution in [3.05, 3.63) is 47.4 Å². The Labute approximate surface area is 140 Å². The van der Waals surface area contributed by atoms with Crippen molar-refractivity contribution in [3.8, 4) is 0 Å². The molecule has 0 radical (unpaired) electrons. The van der Waals surface area contributed by atoms with E-state index in [4.69, 9.17) is 0 Å². The number of hydrogen-bond donors (Lipinski definition) is 1. The van der Waals surface area contributed by atoms with Gasteiger partial charge in [-0.25, -0.2) is 4.98 Å². The minimum absolute atomic E-state index is 0.300. The number of benzene rings is 1. The molecule has 1 N–H and O–H groups in total. The maximum Gasteiger partial charge on any atom is 0.0949 e. The molecular weight excluding hydrogens is 435 g/mol. The molecular formula is C14H16BrIN2S. The van der Waals surface area contributed by atoms with Gasteiger partial charge in [-0.15, -0.1) is 11.3 Å². The predicted molar refractivity (Wildman–Crippen MR) is 94.0 cm³/mol. The average Bonchev–Trinajstić information content (AvgIpc) is 2.69. The summed E-state index contributed by atoms with van der Waals surface area (Å²) in [6, 6.07) is 6.71. The van der Waals surface area contributed by atoms with Crippen LogP contribution in [0.4, 0.5) is 0 Å². The fourth-order valence-corrected chi connectivity index (χ4v) is 4.02. The Morgan fingerprint density at radius 2 is 2.16 bits per heavy atom. The van der Waals surface area contributed by atoms with Crippen molar-refractivity contribution in [1.82, 2.24) is 10.3 Å². The van der Waals surface area contributed by atoms with Crippen LogP contribution in [0.1, 0.15) is 27.2 Å². The molecule has 102 valence electrons. The molecule has 0 saturated heterocycles. The Hall–Kier alpha value is 0.0200. The van der Waals surface area contributed by atoms with Crippen molar-refractivity contribution < 1.29 is 0 Å². The van der Waals surface area contributed by atoms with Crippen LogP contribution in [0.25, 0.3) is 0 Å². The van der Waals surface area contributed by atoms with E-state index in [1.54, 1.807) is 11.3 Å².